The Labute approximate surface area is 202 Å². The number of para-hydroxylation sites is 1. The first-order valence-electron chi connectivity index (χ1n) is 10.9. The molecule has 1 atom stereocenters. The van der Waals surface area contributed by atoms with E-state index in [4.69, 9.17) is 9.73 Å². The quantitative estimate of drug-likeness (QED) is 0.209. The number of hydrogen-bond acceptors (Lipinski definition) is 5. The number of benzene rings is 1. The molecule has 1 aromatic carbocycles. The Balaban J connectivity index is 0.00000341. The highest BCUT2D eigenvalue weighted by Crippen LogP contribution is 2.14. The van der Waals surface area contributed by atoms with Gasteiger partial charge in [0.15, 0.2) is 11.8 Å². The number of aliphatic imine (C=N–C) groups is 1. The number of halogens is 1. The number of unbranched alkanes of at least 4 members (excludes halogenated alkanes) is 1. The first-order chi connectivity index (χ1) is 14.7. The minimum absolute atomic E-state index is 0. The third-order valence-electron chi connectivity index (χ3n) is 5.23. The molecular weight excluding hydrogens is 505 g/mol. The lowest BCUT2D eigenvalue weighted by Crippen LogP contribution is -2.47. The number of nitrogens with one attached hydrogen (secondary N) is 2. The smallest absolute Gasteiger partial charge is 0.191 e. The number of anilines is 1. The SMILES string of the molecule is CCNC(=NCCCCN(C)c1ccccc1)NC1CCc2nc(COC)nn2C1.I. The molecule has 0 radical (unpaired) electrons. The molecule has 0 saturated heterocycles. The van der Waals surface area contributed by atoms with Crippen molar-refractivity contribution in [2.75, 3.05) is 38.7 Å². The maximum atomic E-state index is 5.15. The van der Waals surface area contributed by atoms with Crippen LogP contribution >= 0.6 is 24.0 Å². The van der Waals surface area contributed by atoms with Crippen LogP contribution in [-0.4, -0.2) is 60.6 Å². The molecule has 0 bridgehead atoms. The minimum Gasteiger partial charge on any atom is -0.377 e. The summed E-state index contributed by atoms with van der Waals surface area (Å²) in [5.74, 6) is 2.69. The van der Waals surface area contributed by atoms with Gasteiger partial charge in [-0.3, -0.25) is 4.99 Å². The summed E-state index contributed by atoms with van der Waals surface area (Å²) in [5.41, 5.74) is 1.26. The van der Waals surface area contributed by atoms with E-state index in [0.29, 0.717) is 12.6 Å². The fraction of sp³-hybridized carbons (Fsp3) is 0.591. The number of rotatable bonds is 10. The Hall–Kier alpha value is -1.88. The first-order valence-corrected chi connectivity index (χ1v) is 10.9. The summed E-state index contributed by atoms with van der Waals surface area (Å²) in [6.45, 7) is 6.06. The van der Waals surface area contributed by atoms with Crippen molar-refractivity contribution in [3.63, 3.8) is 0 Å². The van der Waals surface area contributed by atoms with E-state index >= 15 is 0 Å². The third-order valence-corrected chi connectivity index (χ3v) is 5.23. The van der Waals surface area contributed by atoms with Gasteiger partial charge >= 0.3 is 0 Å². The van der Waals surface area contributed by atoms with Crippen LogP contribution in [0.5, 0.6) is 0 Å². The van der Waals surface area contributed by atoms with Crippen LogP contribution in [0.1, 0.15) is 37.8 Å². The first kappa shape index (κ1) is 25.4. The van der Waals surface area contributed by atoms with Gasteiger partial charge in [0.25, 0.3) is 0 Å². The largest absolute Gasteiger partial charge is 0.377 e. The topological polar surface area (TPSA) is 79.6 Å². The molecule has 0 saturated carbocycles. The normalized spacial score (nSPS) is 15.7. The van der Waals surface area contributed by atoms with Gasteiger partial charge in [0.2, 0.25) is 0 Å². The Kier molecular flexibility index (Phi) is 11.1. The minimum atomic E-state index is 0. The lowest BCUT2D eigenvalue weighted by molar-refractivity contribution is 0.177. The molecule has 2 aromatic rings. The van der Waals surface area contributed by atoms with Crippen molar-refractivity contribution in [3.8, 4) is 0 Å². The second kappa shape index (κ2) is 13.5. The molecule has 9 heteroatoms. The summed E-state index contributed by atoms with van der Waals surface area (Å²) in [5, 5.41) is 11.5. The molecule has 1 aliphatic rings. The number of guanidine groups is 1. The number of methoxy groups -OCH3 is 1. The molecule has 0 fully saturated rings. The van der Waals surface area contributed by atoms with Crippen LogP contribution in [0.4, 0.5) is 5.69 Å². The Bertz CT molecular complexity index is 796. The highest BCUT2D eigenvalue weighted by atomic mass is 127. The Morgan fingerprint density at radius 3 is 2.84 bits per heavy atom. The van der Waals surface area contributed by atoms with Crippen molar-refractivity contribution in [3.05, 3.63) is 42.0 Å². The molecule has 172 valence electrons. The van der Waals surface area contributed by atoms with E-state index < -0.39 is 0 Å². The fourth-order valence-electron chi connectivity index (χ4n) is 3.65. The number of nitrogens with zero attached hydrogens (tertiary/aromatic N) is 5. The van der Waals surface area contributed by atoms with E-state index in [1.165, 1.54) is 5.69 Å². The maximum Gasteiger partial charge on any atom is 0.191 e. The molecule has 2 heterocycles. The maximum absolute atomic E-state index is 5.15. The van der Waals surface area contributed by atoms with Crippen LogP contribution < -0.4 is 15.5 Å². The van der Waals surface area contributed by atoms with Gasteiger partial charge in [-0.1, -0.05) is 18.2 Å². The van der Waals surface area contributed by atoms with E-state index in [1.807, 2.05) is 4.68 Å². The van der Waals surface area contributed by atoms with Crippen molar-refractivity contribution in [2.45, 2.75) is 51.8 Å². The average molecular weight is 541 g/mol. The standard InChI is InChI=1S/C22H35N7O.HI/c1-4-23-22(24-14-8-9-15-28(2)19-10-6-5-7-11-19)25-18-12-13-21-26-20(17-30-3)27-29(21)16-18;/h5-7,10-11,18H,4,8-9,12-17H2,1-3H3,(H2,23,24,25);1H. The van der Waals surface area contributed by atoms with Crippen molar-refractivity contribution in [1.29, 1.82) is 0 Å². The summed E-state index contributed by atoms with van der Waals surface area (Å²) in [6.07, 6.45) is 4.12. The molecule has 3 rings (SSSR count). The molecule has 0 spiro atoms. The van der Waals surface area contributed by atoms with Gasteiger partial charge in [-0.25, -0.2) is 9.67 Å². The monoisotopic (exact) mass is 541 g/mol. The molecule has 0 amide bonds. The molecule has 1 aliphatic heterocycles. The number of aryl methyl sites for hydroxylation is 1. The van der Waals surface area contributed by atoms with Crippen LogP contribution in [0.3, 0.4) is 0 Å². The summed E-state index contributed by atoms with van der Waals surface area (Å²) in [6, 6.07) is 10.8. The summed E-state index contributed by atoms with van der Waals surface area (Å²) in [7, 11) is 3.81. The average Bonchev–Trinajstić information content (AvgIpc) is 3.16. The van der Waals surface area contributed by atoms with E-state index in [-0.39, 0.29) is 24.0 Å². The predicted molar refractivity (Wildman–Crippen MR) is 136 cm³/mol. The van der Waals surface area contributed by atoms with E-state index in [1.54, 1.807) is 7.11 Å². The molecule has 8 nitrogen and oxygen atoms in total. The molecule has 1 unspecified atom stereocenters. The van der Waals surface area contributed by atoms with Crippen LogP contribution in [0.25, 0.3) is 0 Å². The number of hydrogen-bond donors (Lipinski definition) is 2. The Morgan fingerprint density at radius 2 is 2.10 bits per heavy atom. The van der Waals surface area contributed by atoms with Gasteiger partial charge in [0, 0.05) is 51.9 Å². The van der Waals surface area contributed by atoms with Crippen LogP contribution in [0.15, 0.2) is 35.3 Å². The molecule has 0 aliphatic carbocycles. The molecule has 1 aromatic heterocycles. The zero-order chi connectivity index (χ0) is 21.2. The van der Waals surface area contributed by atoms with Gasteiger partial charge in [-0.05, 0) is 38.3 Å². The van der Waals surface area contributed by atoms with Gasteiger partial charge in [0.05, 0.1) is 6.54 Å². The van der Waals surface area contributed by atoms with Crippen molar-refractivity contribution < 1.29 is 4.74 Å². The second-order valence-corrected chi connectivity index (χ2v) is 7.66. The van der Waals surface area contributed by atoms with Gasteiger partial charge in [-0.15, -0.1) is 24.0 Å². The van der Waals surface area contributed by atoms with E-state index in [2.05, 4.69) is 69.9 Å². The van der Waals surface area contributed by atoms with Crippen molar-refractivity contribution in [2.24, 2.45) is 4.99 Å². The summed E-state index contributed by atoms with van der Waals surface area (Å²) in [4.78, 5) is 11.6. The third kappa shape index (κ3) is 7.95. The lowest BCUT2D eigenvalue weighted by atomic mass is 10.1. The zero-order valence-corrected chi connectivity index (χ0v) is 21.2. The van der Waals surface area contributed by atoms with Crippen molar-refractivity contribution in [1.82, 2.24) is 25.4 Å². The zero-order valence-electron chi connectivity index (χ0n) is 18.9. The lowest BCUT2D eigenvalue weighted by Gasteiger charge is -2.25. The highest BCUT2D eigenvalue weighted by molar-refractivity contribution is 14.0. The summed E-state index contributed by atoms with van der Waals surface area (Å²) >= 11 is 0. The summed E-state index contributed by atoms with van der Waals surface area (Å²) < 4.78 is 7.15. The van der Waals surface area contributed by atoms with E-state index in [0.717, 1.165) is 69.5 Å². The van der Waals surface area contributed by atoms with Crippen LogP contribution in [-0.2, 0) is 24.3 Å². The number of aromatic nitrogens is 3. The molecule has 2 N–H and O–H groups in total. The van der Waals surface area contributed by atoms with Gasteiger partial charge < -0.3 is 20.3 Å². The van der Waals surface area contributed by atoms with E-state index in [9.17, 15) is 0 Å². The fourth-order valence-corrected chi connectivity index (χ4v) is 3.65. The molecule has 31 heavy (non-hydrogen) atoms. The Morgan fingerprint density at radius 1 is 1.29 bits per heavy atom. The highest BCUT2D eigenvalue weighted by Gasteiger charge is 2.22. The number of fused-ring (bicyclic) bond motifs is 1. The second-order valence-electron chi connectivity index (χ2n) is 7.66. The number of ether oxygens (including phenoxy) is 1. The predicted octanol–water partition coefficient (Wildman–Crippen LogP) is 2.83. The molecular formula is C22H36IN7O. The van der Waals surface area contributed by atoms with Gasteiger partial charge in [0.1, 0.15) is 12.4 Å². The van der Waals surface area contributed by atoms with Crippen molar-refractivity contribution >= 4 is 35.6 Å². The van der Waals surface area contributed by atoms with Crippen LogP contribution in [0.2, 0.25) is 0 Å². The van der Waals surface area contributed by atoms with Gasteiger partial charge in [-0.2, -0.15) is 5.10 Å². The van der Waals surface area contributed by atoms with Crippen LogP contribution in [0, 0.1) is 0 Å².